The van der Waals surface area contributed by atoms with Crippen molar-refractivity contribution < 1.29 is 4.74 Å². The van der Waals surface area contributed by atoms with Crippen LogP contribution in [0.15, 0.2) is 24.3 Å². The van der Waals surface area contributed by atoms with Gasteiger partial charge in [-0.2, -0.15) is 11.8 Å². The van der Waals surface area contributed by atoms with E-state index in [-0.39, 0.29) is 0 Å². The molecule has 2 unspecified atom stereocenters. The van der Waals surface area contributed by atoms with Gasteiger partial charge >= 0.3 is 0 Å². The molecule has 0 fully saturated rings. The molecule has 0 saturated carbocycles. The Morgan fingerprint density at radius 2 is 1.88 bits per heavy atom. The van der Waals surface area contributed by atoms with Gasteiger partial charge in [0.25, 0.3) is 0 Å². The first kappa shape index (κ1) is 14.4. The Labute approximate surface area is 109 Å². The predicted octanol–water partition coefficient (Wildman–Crippen LogP) is 3.49. The van der Waals surface area contributed by atoms with Crippen LogP contribution in [0.3, 0.4) is 0 Å². The number of nitrogens with one attached hydrogen (secondary N) is 1. The maximum atomic E-state index is 5.16. The number of ether oxygens (including phenoxy) is 1. The van der Waals surface area contributed by atoms with E-state index < -0.39 is 0 Å². The van der Waals surface area contributed by atoms with Crippen LogP contribution in [0, 0.1) is 0 Å². The highest BCUT2D eigenvalue weighted by Gasteiger charge is 2.09. The van der Waals surface area contributed by atoms with E-state index in [1.54, 1.807) is 7.11 Å². The maximum Gasteiger partial charge on any atom is 0.118 e. The van der Waals surface area contributed by atoms with Gasteiger partial charge in [0.2, 0.25) is 0 Å². The molecule has 1 rings (SSSR count). The minimum absolute atomic E-state index is 0.387. The van der Waals surface area contributed by atoms with E-state index in [0.717, 1.165) is 5.75 Å². The van der Waals surface area contributed by atoms with E-state index in [1.165, 1.54) is 17.7 Å². The molecule has 2 nitrogen and oxygen atoms in total. The van der Waals surface area contributed by atoms with Gasteiger partial charge in [-0.25, -0.2) is 0 Å². The molecule has 0 bridgehead atoms. The quantitative estimate of drug-likeness (QED) is 0.804. The van der Waals surface area contributed by atoms with Gasteiger partial charge in [0.05, 0.1) is 7.11 Å². The summed E-state index contributed by atoms with van der Waals surface area (Å²) >= 11 is 1.90. The molecule has 0 aliphatic rings. The second-order valence-electron chi connectivity index (χ2n) is 4.34. The van der Waals surface area contributed by atoms with Crippen LogP contribution in [-0.4, -0.2) is 25.2 Å². The number of hydrogen-bond acceptors (Lipinski definition) is 3. The minimum Gasteiger partial charge on any atom is -0.497 e. The minimum atomic E-state index is 0.387. The van der Waals surface area contributed by atoms with Crippen LogP contribution in [0.2, 0.25) is 0 Å². The molecule has 1 aromatic carbocycles. The van der Waals surface area contributed by atoms with Crippen molar-refractivity contribution in [3.8, 4) is 5.75 Å². The van der Waals surface area contributed by atoms with Gasteiger partial charge in [-0.15, -0.1) is 0 Å². The van der Waals surface area contributed by atoms with E-state index in [0.29, 0.717) is 12.1 Å². The molecule has 0 aromatic heterocycles. The Morgan fingerprint density at radius 1 is 1.24 bits per heavy atom. The lowest BCUT2D eigenvalue weighted by molar-refractivity contribution is 0.414. The number of rotatable bonds is 7. The molecule has 0 saturated heterocycles. The van der Waals surface area contributed by atoms with Crippen molar-refractivity contribution in [3.63, 3.8) is 0 Å². The molecule has 0 aliphatic heterocycles. The summed E-state index contributed by atoms with van der Waals surface area (Å²) in [7, 11) is 1.70. The Balaban J connectivity index is 2.47. The topological polar surface area (TPSA) is 21.3 Å². The standard InChI is InChI=1S/C14H23NOS/c1-11(9-10-17-4)15-12(2)13-5-7-14(16-3)8-6-13/h5-8,11-12,15H,9-10H2,1-4H3. The van der Waals surface area contributed by atoms with E-state index >= 15 is 0 Å². The largest absolute Gasteiger partial charge is 0.497 e. The first-order valence-electron chi connectivity index (χ1n) is 6.06. The average Bonchev–Trinajstić information content (AvgIpc) is 2.36. The third-order valence-corrected chi connectivity index (χ3v) is 3.55. The van der Waals surface area contributed by atoms with Crippen LogP contribution < -0.4 is 10.1 Å². The normalized spacial score (nSPS) is 14.4. The van der Waals surface area contributed by atoms with Crippen molar-refractivity contribution >= 4 is 11.8 Å². The van der Waals surface area contributed by atoms with Crippen molar-refractivity contribution in [2.75, 3.05) is 19.1 Å². The lowest BCUT2D eigenvalue weighted by Gasteiger charge is -2.20. The molecule has 0 radical (unpaired) electrons. The smallest absolute Gasteiger partial charge is 0.118 e. The highest BCUT2D eigenvalue weighted by atomic mass is 32.2. The van der Waals surface area contributed by atoms with Gasteiger partial charge in [-0.05, 0) is 50.0 Å². The first-order valence-corrected chi connectivity index (χ1v) is 7.45. The van der Waals surface area contributed by atoms with Crippen molar-refractivity contribution in [2.45, 2.75) is 32.4 Å². The van der Waals surface area contributed by atoms with E-state index in [1.807, 2.05) is 23.9 Å². The summed E-state index contributed by atoms with van der Waals surface area (Å²) in [4.78, 5) is 0. The number of thioether (sulfide) groups is 1. The SMILES string of the molecule is COc1ccc(C(C)NC(C)CCSC)cc1. The predicted molar refractivity (Wildman–Crippen MR) is 77.0 cm³/mol. The fraction of sp³-hybridized carbons (Fsp3) is 0.571. The molecule has 0 heterocycles. The Kier molecular flexibility index (Phi) is 6.45. The van der Waals surface area contributed by atoms with E-state index in [4.69, 9.17) is 4.74 Å². The summed E-state index contributed by atoms with van der Waals surface area (Å²) in [6.45, 7) is 4.45. The molecule has 3 heteroatoms. The van der Waals surface area contributed by atoms with Crippen LogP contribution in [0.5, 0.6) is 5.75 Å². The zero-order chi connectivity index (χ0) is 12.7. The molecule has 0 aliphatic carbocycles. The van der Waals surface area contributed by atoms with E-state index in [2.05, 4.69) is 37.6 Å². The van der Waals surface area contributed by atoms with Gasteiger partial charge < -0.3 is 10.1 Å². The van der Waals surface area contributed by atoms with Crippen LogP contribution in [-0.2, 0) is 0 Å². The van der Waals surface area contributed by atoms with Crippen molar-refractivity contribution in [1.82, 2.24) is 5.32 Å². The molecule has 17 heavy (non-hydrogen) atoms. The molecular weight excluding hydrogens is 230 g/mol. The summed E-state index contributed by atoms with van der Waals surface area (Å²) in [5.41, 5.74) is 1.31. The van der Waals surface area contributed by atoms with Crippen LogP contribution >= 0.6 is 11.8 Å². The third kappa shape index (κ3) is 5.00. The monoisotopic (exact) mass is 253 g/mol. The highest BCUT2D eigenvalue weighted by Crippen LogP contribution is 2.18. The molecule has 96 valence electrons. The molecule has 0 amide bonds. The summed E-state index contributed by atoms with van der Waals surface area (Å²) < 4.78 is 5.16. The molecule has 1 N–H and O–H groups in total. The Morgan fingerprint density at radius 3 is 2.41 bits per heavy atom. The van der Waals surface area contributed by atoms with Crippen molar-refractivity contribution in [3.05, 3.63) is 29.8 Å². The lowest BCUT2D eigenvalue weighted by Crippen LogP contribution is -2.29. The number of hydrogen-bond donors (Lipinski definition) is 1. The third-order valence-electron chi connectivity index (χ3n) is 2.91. The molecule has 1 aromatic rings. The fourth-order valence-electron chi connectivity index (χ4n) is 1.79. The Bertz CT molecular complexity index is 313. The fourth-order valence-corrected chi connectivity index (χ4v) is 2.38. The Hall–Kier alpha value is -0.670. The van der Waals surface area contributed by atoms with Gasteiger partial charge in [0, 0.05) is 12.1 Å². The molecular formula is C14H23NOS. The van der Waals surface area contributed by atoms with Gasteiger partial charge in [0.15, 0.2) is 0 Å². The highest BCUT2D eigenvalue weighted by molar-refractivity contribution is 7.98. The lowest BCUT2D eigenvalue weighted by atomic mass is 10.1. The van der Waals surface area contributed by atoms with E-state index in [9.17, 15) is 0 Å². The zero-order valence-corrected chi connectivity index (χ0v) is 12.0. The van der Waals surface area contributed by atoms with Crippen LogP contribution in [0.25, 0.3) is 0 Å². The second-order valence-corrected chi connectivity index (χ2v) is 5.33. The number of methoxy groups -OCH3 is 1. The average molecular weight is 253 g/mol. The van der Waals surface area contributed by atoms with Crippen LogP contribution in [0.1, 0.15) is 31.9 Å². The number of benzene rings is 1. The van der Waals surface area contributed by atoms with Crippen molar-refractivity contribution in [2.24, 2.45) is 0 Å². The summed E-state index contributed by atoms with van der Waals surface area (Å²) in [5.74, 6) is 2.13. The second kappa shape index (κ2) is 7.62. The first-order chi connectivity index (χ1) is 8.17. The summed E-state index contributed by atoms with van der Waals surface area (Å²) in [5, 5.41) is 3.61. The van der Waals surface area contributed by atoms with Gasteiger partial charge in [0.1, 0.15) is 5.75 Å². The molecule has 2 atom stereocenters. The maximum absolute atomic E-state index is 5.16. The molecule has 0 spiro atoms. The van der Waals surface area contributed by atoms with Crippen molar-refractivity contribution in [1.29, 1.82) is 0 Å². The van der Waals surface area contributed by atoms with Crippen LogP contribution in [0.4, 0.5) is 0 Å². The van der Waals surface area contributed by atoms with Gasteiger partial charge in [-0.1, -0.05) is 12.1 Å². The zero-order valence-electron chi connectivity index (χ0n) is 11.2. The summed E-state index contributed by atoms with van der Waals surface area (Å²) in [6.07, 6.45) is 3.36. The van der Waals surface area contributed by atoms with Gasteiger partial charge in [-0.3, -0.25) is 0 Å². The summed E-state index contributed by atoms with van der Waals surface area (Å²) in [6, 6.07) is 9.22.